The molecule has 31 heavy (non-hydrogen) atoms. The maximum atomic E-state index is 12.2. The lowest BCUT2D eigenvalue weighted by atomic mass is 9.99. The van der Waals surface area contributed by atoms with E-state index in [9.17, 15) is 18.0 Å². The zero-order valence-electron chi connectivity index (χ0n) is 17.9. The van der Waals surface area contributed by atoms with Crippen molar-refractivity contribution in [1.29, 1.82) is 0 Å². The third-order valence-corrected chi connectivity index (χ3v) is 5.03. The Labute approximate surface area is 188 Å². The smallest absolute Gasteiger partial charge is 0.407 e. The van der Waals surface area contributed by atoms with Crippen molar-refractivity contribution in [3.8, 4) is 11.1 Å². The van der Waals surface area contributed by atoms with Crippen LogP contribution in [0.2, 0.25) is 5.02 Å². The van der Waals surface area contributed by atoms with Gasteiger partial charge >= 0.3 is 6.09 Å². The van der Waals surface area contributed by atoms with Crippen LogP contribution < -0.4 is 10.0 Å². The molecule has 2 N–H and O–H groups in total. The third-order valence-electron chi connectivity index (χ3n) is 4.08. The van der Waals surface area contributed by atoms with Gasteiger partial charge in [0.25, 0.3) is 0 Å². The van der Waals surface area contributed by atoms with Crippen LogP contribution in [0.4, 0.5) is 4.79 Å². The number of carbonyl (C=O) groups excluding carboxylic acids is 2. The lowest BCUT2D eigenvalue weighted by molar-refractivity contribution is -0.119. The molecule has 0 radical (unpaired) electrons. The number of benzene rings is 2. The van der Waals surface area contributed by atoms with Gasteiger partial charge in [0.1, 0.15) is 5.60 Å². The third kappa shape index (κ3) is 8.98. The van der Waals surface area contributed by atoms with Crippen LogP contribution in [0.1, 0.15) is 32.8 Å². The number of alkyl carbamates (subject to hydrolysis) is 1. The molecule has 0 aliphatic carbocycles. The molecule has 0 saturated carbocycles. The summed E-state index contributed by atoms with van der Waals surface area (Å²) in [5, 5.41) is 3.11. The number of halogens is 1. The Bertz CT molecular complexity index is 1030. The summed E-state index contributed by atoms with van der Waals surface area (Å²) in [5.74, 6) is -0.736. The molecule has 168 valence electrons. The molecule has 0 unspecified atom stereocenters. The predicted molar refractivity (Wildman–Crippen MR) is 121 cm³/mol. The summed E-state index contributed by atoms with van der Waals surface area (Å²) in [5.41, 5.74) is 1.92. The van der Waals surface area contributed by atoms with E-state index in [1.165, 1.54) is 0 Å². The molecule has 2 rings (SSSR count). The molecule has 0 heterocycles. The van der Waals surface area contributed by atoms with Crippen LogP contribution in [0.5, 0.6) is 0 Å². The van der Waals surface area contributed by atoms with Crippen LogP contribution in [0.25, 0.3) is 11.1 Å². The molecule has 0 aromatic heterocycles. The lowest BCUT2D eigenvalue weighted by Gasteiger charge is -2.24. The highest BCUT2D eigenvalue weighted by Gasteiger charge is 2.23. The van der Waals surface area contributed by atoms with Gasteiger partial charge in [0, 0.05) is 17.5 Å². The summed E-state index contributed by atoms with van der Waals surface area (Å²) in [6, 6.07) is 14.5. The first-order valence-electron chi connectivity index (χ1n) is 9.66. The SMILES string of the molecule is CC(C)(C)OC(=O)N[C@@H](CC(=O)NS(C)(=O)=O)Cc1ccc(-c2ccccc2)cc1Cl. The van der Waals surface area contributed by atoms with E-state index in [4.69, 9.17) is 16.3 Å². The molecule has 0 spiro atoms. The van der Waals surface area contributed by atoms with Crippen LogP contribution in [0.15, 0.2) is 48.5 Å². The fourth-order valence-electron chi connectivity index (χ4n) is 2.91. The second kappa shape index (κ2) is 10.2. The van der Waals surface area contributed by atoms with Gasteiger partial charge in [-0.2, -0.15) is 0 Å². The Balaban J connectivity index is 2.20. The van der Waals surface area contributed by atoms with Gasteiger partial charge in [-0.3, -0.25) is 9.52 Å². The van der Waals surface area contributed by atoms with Crippen LogP contribution >= 0.6 is 11.6 Å². The van der Waals surface area contributed by atoms with E-state index in [0.29, 0.717) is 10.6 Å². The fourth-order valence-corrected chi connectivity index (χ4v) is 3.66. The van der Waals surface area contributed by atoms with Gasteiger partial charge in [0.2, 0.25) is 15.9 Å². The molecular weight excluding hydrogens is 440 g/mol. The minimum atomic E-state index is -3.71. The highest BCUT2D eigenvalue weighted by atomic mass is 35.5. The molecule has 0 saturated heterocycles. The Morgan fingerprint density at radius 2 is 1.71 bits per heavy atom. The summed E-state index contributed by atoms with van der Waals surface area (Å²) in [7, 11) is -3.71. The summed E-state index contributed by atoms with van der Waals surface area (Å²) in [6.07, 6.45) is 0.134. The summed E-state index contributed by atoms with van der Waals surface area (Å²) in [4.78, 5) is 24.4. The fraction of sp³-hybridized carbons (Fsp3) is 0.364. The van der Waals surface area contributed by atoms with E-state index in [-0.39, 0.29) is 12.8 Å². The van der Waals surface area contributed by atoms with Crippen molar-refractivity contribution in [1.82, 2.24) is 10.0 Å². The molecule has 0 fully saturated rings. The molecule has 7 nitrogen and oxygen atoms in total. The Kier molecular flexibility index (Phi) is 8.08. The van der Waals surface area contributed by atoms with Crippen molar-refractivity contribution < 1.29 is 22.7 Å². The average Bonchev–Trinajstić information content (AvgIpc) is 2.60. The number of ether oxygens (including phenoxy) is 1. The van der Waals surface area contributed by atoms with Crippen molar-refractivity contribution in [2.75, 3.05) is 6.26 Å². The average molecular weight is 467 g/mol. The van der Waals surface area contributed by atoms with E-state index in [1.54, 1.807) is 20.8 Å². The minimum absolute atomic E-state index is 0.213. The number of nitrogens with one attached hydrogen (secondary N) is 2. The first-order chi connectivity index (χ1) is 14.3. The number of amides is 2. The Morgan fingerprint density at radius 1 is 1.06 bits per heavy atom. The second-order valence-electron chi connectivity index (χ2n) is 8.22. The largest absolute Gasteiger partial charge is 0.444 e. The highest BCUT2D eigenvalue weighted by molar-refractivity contribution is 7.89. The quantitative estimate of drug-likeness (QED) is 0.644. The first kappa shape index (κ1) is 24.7. The lowest BCUT2D eigenvalue weighted by Crippen LogP contribution is -2.43. The van der Waals surface area contributed by atoms with Crippen LogP contribution in [-0.2, 0) is 26.0 Å². The number of hydrogen-bond donors (Lipinski definition) is 2. The topological polar surface area (TPSA) is 102 Å². The van der Waals surface area contributed by atoms with Gasteiger partial charge in [0.15, 0.2) is 0 Å². The maximum absolute atomic E-state index is 12.2. The van der Waals surface area contributed by atoms with Crippen molar-refractivity contribution in [3.05, 3.63) is 59.1 Å². The molecule has 0 bridgehead atoms. The zero-order valence-corrected chi connectivity index (χ0v) is 19.5. The predicted octanol–water partition coefficient (Wildman–Crippen LogP) is 3.91. The first-order valence-corrected chi connectivity index (χ1v) is 11.9. The Morgan fingerprint density at radius 3 is 2.26 bits per heavy atom. The van der Waals surface area contributed by atoms with Gasteiger partial charge in [-0.1, -0.05) is 54.1 Å². The van der Waals surface area contributed by atoms with Gasteiger partial charge in [-0.05, 0) is 49.9 Å². The molecule has 1 atom stereocenters. The van der Waals surface area contributed by atoms with Crippen LogP contribution in [-0.4, -0.2) is 38.3 Å². The van der Waals surface area contributed by atoms with E-state index in [2.05, 4.69) is 5.32 Å². The summed E-state index contributed by atoms with van der Waals surface area (Å²) < 4.78 is 29.9. The second-order valence-corrected chi connectivity index (χ2v) is 10.4. The van der Waals surface area contributed by atoms with E-state index in [1.807, 2.05) is 53.3 Å². The molecule has 9 heteroatoms. The summed E-state index contributed by atoms with van der Waals surface area (Å²) in [6.45, 7) is 5.16. The Hall–Kier alpha value is -2.58. The molecule has 2 aromatic carbocycles. The van der Waals surface area contributed by atoms with Gasteiger partial charge < -0.3 is 10.1 Å². The van der Waals surface area contributed by atoms with E-state index >= 15 is 0 Å². The van der Waals surface area contributed by atoms with Crippen molar-refractivity contribution in [2.24, 2.45) is 0 Å². The standard InChI is InChI=1S/C22H27ClN2O5S/c1-22(2,3)30-21(27)24-18(14-20(26)25-31(4,28)29)12-17-11-10-16(13-19(17)23)15-8-6-5-7-9-15/h5-11,13,18H,12,14H2,1-4H3,(H,24,27)(H,25,26)/t18-/m1/s1. The zero-order chi connectivity index (χ0) is 23.2. The van der Waals surface area contributed by atoms with E-state index < -0.39 is 33.7 Å². The molecule has 2 aromatic rings. The van der Waals surface area contributed by atoms with E-state index in [0.717, 1.165) is 17.4 Å². The van der Waals surface area contributed by atoms with Crippen molar-refractivity contribution in [2.45, 2.75) is 45.3 Å². The monoisotopic (exact) mass is 466 g/mol. The molecule has 2 amide bonds. The number of sulfonamides is 1. The number of hydrogen-bond acceptors (Lipinski definition) is 5. The molecule has 0 aliphatic rings. The maximum Gasteiger partial charge on any atom is 0.407 e. The van der Waals surface area contributed by atoms with Gasteiger partial charge in [-0.15, -0.1) is 0 Å². The molecular formula is C22H27ClN2O5S. The van der Waals surface area contributed by atoms with Crippen LogP contribution in [0, 0.1) is 0 Å². The van der Waals surface area contributed by atoms with Gasteiger partial charge in [0.05, 0.1) is 6.26 Å². The van der Waals surface area contributed by atoms with Crippen LogP contribution in [0.3, 0.4) is 0 Å². The summed E-state index contributed by atoms with van der Waals surface area (Å²) >= 11 is 6.47. The minimum Gasteiger partial charge on any atom is -0.444 e. The van der Waals surface area contributed by atoms with Crippen molar-refractivity contribution in [3.63, 3.8) is 0 Å². The number of carbonyl (C=O) groups is 2. The van der Waals surface area contributed by atoms with Gasteiger partial charge in [-0.25, -0.2) is 13.2 Å². The van der Waals surface area contributed by atoms with Crippen molar-refractivity contribution >= 4 is 33.6 Å². The highest BCUT2D eigenvalue weighted by Crippen LogP contribution is 2.26. The number of rotatable bonds is 7. The normalized spacial score (nSPS) is 12.7. The molecule has 0 aliphatic heterocycles.